The molecule has 156 valence electrons. The standard InChI is InChI=1S/C24H26N2O3S/c25-24-26-23(27)22(30-24)16-17-5-4-8-21(15-17)29-14-13-28-20-11-9-19(10-12-20)18-6-2-1-3-7-18/h4-5,8-12,15-16,18H,1-3,6-7,13-14H2,(H2,25,26,27)/b22-16-. The number of carbonyl (C=O) groups excluding carboxylic acids is 1. The molecule has 4 rings (SSSR count). The molecule has 0 atom stereocenters. The number of benzene rings is 2. The van der Waals surface area contributed by atoms with Gasteiger partial charge in [-0.1, -0.05) is 43.5 Å². The zero-order valence-electron chi connectivity index (χ0n) is 16.9. The maximum atomic E-state index is 11.7. The first kappa shape index (κ1) is 20.5. The van der Waals surface area contributed by atoms with Crippen LogP contribution in [0.5, 0.6) is 11.5 Å². The van der Waals surface area contributed by atoms with E-state index in [1.807, 2.05) is 24.3 Å². The highest BCUT2D eigenvalue weighted by Crippen LogP contribution is 2.33. The van der Waals surface area contributed by atoms with Crippen molar-refractivity contribution in [2.24, 2.45) is 10.7 Å². The molecule has 6 heteroatoms. The van der Waals surface area contributed by atoms with Crippen molar-refractivity contribution in [3.8, 4) is 11.5 Å². The first-order valence-corrected chi connectivity index (χ1v) is 11.2. The number of nitrogens with two attached hydrogens (primary N) is 1. The van der Waals surface area contributed by atoms with E-state index in [4.69, 9.17) is 15.2 Å². The number of amides is 1. The van der Waals surface area contributed by atoms with Crippen molar-refractivity contribution in [2.75, 3.05) is 13.2 Å². The summed E-state index contributed by atoms with van der Waals surface area (Å²) in [5.41, 5.74) is 7.88. The van der Waals surface area contributed by atoms with Crippen LogP contribution in [0.15, 0.2) is 58.4 Å². The Kier molecular flexibility index (Phi) is 6.74. The maximum Gasteiger partial charge on any atom is 0.286 e. The summed E-state index contributed by atoms with van der Waals surface area (Å²) in [6.07, 6.45) is 8.44. The Hall–Kier alpha value is -2.73. The number of hydrogen-bond acceptors (Lipinski definition) is 5. The minimum absolute atomic E-state index is 0.280. The summed E-state index contributed by atoms with van der Waals surface area (Å²) in [5.74, 6) is 2.00. The summed E-state index contributed by atoms with van der Waals surface area (Å²) in [6, 6.07) is 16.1. The van der Waals surface area contributed by atoms with E-state index in [-0.39, 0.29) is 11.1 Å². The molecule has 1 heterocycles. The van der Waals surface area contributed by atoms with Crippen molar-refractivity contribution in [1.82, 2.24) is 0 Å². The van der Waals surface area contributed by atoms with Gasteiger partial charge in [-0.05, 0) is 72.0 Å². The number of thioether (sulfide) groups is 1. The predicted octanol–water partition coefficient (Wildman–Crippen LogP) is 5.12. The van der Waals surface area contributed by atoms with Crippen LogP contribution in [0, 0.1) is 0 Å². The average Bonchev–Trinajstić information content (AvgIpc) is 3.09. The molecule has 0 spiro atoms. The summed E-state index contributed by atoms with van der Waals surface area (Å²) in [4.78, 5) is 16.0. The SMILES string of the molecule is NC1=NC(=O)/C(=C/c2cccc(OCCOc3ccc(C4CCCCC4)cc3)c2)S1. The van der Waals surface area contributed by atoms with Gasteiger partial charge in [0.25, 0.3) is 5.91 Å². The second-order valence-electron chi connectivity index (χ2n) is 7.54. The van der Waals surface area contributed by atoms with E-state index in [0.717, 1.165) is 17.1 Å². The molecule has 1 saturated carbocycles. The van der Waals surface area contributed by atoms with Gasteiger partial charge in [0.2, 0.25) is 0 Å². The lowest BCUT2D eigenvalue weighted by molar-refractivity contribution is -0.113. The Morgan fingerprint density at radius 1 is 1.00 bits per heavy atom. The smallest absolute Gasteiger partial charge is 0.286 e. The molecule has 0 aromatic heterocycles. The van der Waals surface area contributed by atoms with Gasteiger partial charge in [-0.15, -0.1) is 0 Å². The number of aliphatic imine (C=N–C) groups is 1. The van der Waals surface area contributed by atoms with Crippen molar-refractivity contribution < 1.29 is 14.3 Å². The number of ether oxygens (including phenoxy) is 2. The van der Waals surface area contributed by atoms with Gasteiger partial charge in [-0.3, -0.25) is 4.79 Å². The van der Waals surface area contributed by atoms with Gasteiger partial charge in [0, 0.05) is 0 Å². The average molecular weight is 423 g/mol. The zero-order valence-corrected chi connectivity index (χ0v) is 17.7. The molecule has 2 N–H and O–H groups in total. The van der Waals surface area contributed by atoms with E-state index in [2.05, 4.69) is 29.3 Å². The fraction of sp³-hybridized carbons (Fsp3) is 0.333. The minimum Gasteiger partial charge on any atom is -0.490 e. The van der Waals surface area contributed by atoms with E-state index < -0.39 is 0 Å². The molecule has 0 unspecified atom stereocenters. The summed E-state index contributed by atoms with van der Waals surface area (Å²) in [6.45, 7) is 0.904. The predicted molar refractivity (Wildman–Crippen MR) is 122 cm³/mol. The number of nitrogens with zero attached hydrogens (tertiary/aromatic N) is 1. The molecule has 0 bridgehead atoms. The summed E-state index contributed by atoms with van der Waals surface area (Å²) >= 11 is 1.18. The molecule has 0 radical (unpaired) electrons. The largest absolute Gasteiger partial charge is 0.490 e. The second-order valence-corrected chi connectivity index (χ2v) is 8.60. The van der Waals surface area contributed by atoms with Crippen molar-refractivity contribution in [2.45, 2.75) is 38.0 Å². The van der Waals surface area contributed by atoms with Gasteiger partial charge < -0.3 is 15.2 Å². The summed E-state index contributed by atoms with van der Waals surface area (Å²) in [7, 11) is 0. The van der Waals surface area contributed by atoms with Crippen LogP contribution >= 0.6 is 11.8 Å². The van der Waals surface area contributed by atoms with Crippen molar-refractivity contribution in [1.29, 1.82) is 0 Å². The molecular formula is C24H26N2O3S. The monoisotopic (exact) mass is 422 g/mol. The van der Waals surface area contributed by atoms with Gasteiger partial charge in [-0.25, -0.2) is 0 Å². The van der Waals surface area contributed by atoms with Gasteiger partial charge in [0.05, 0.1) is 4.91 Å². The van der Waals surface area contributed by atoms with E-state index >= 15 is 0 Å². The minimum atomic E-state index is -0.299. The lowest BCUT2D eigenvalue weighted by atomic mass is 9.84. The summed E-state index contributed by atoms with van der Waals surface area (Å²) in [5, 5.41) is 0.280. The van der Waals surface area contributed by atoms with Gasteiger partial charge in [-0.2, -0.15) is 4.99 Å². The van der Waals surface area contributed by atoms with Crippen LogP contribution < -0.4 is 15.2 Å². The van der Waals surface area contributed by atoms with Gasteiger partial charge in [0.15, 0.2) is 5.17 Å². The molecule has 2 aliphatic rings. The van der Waals surface area contributed by atoms with Crippen LogP contribution in [-0.2, 0) is 4.79 Å². The fourth-order valence-electron chi connectivity index (χ4n) is 3.86. The molecule has 1 amide bonds. The quantitative estimate of drug-likeness (QED) is 0.495. The normalized spacial score (nSPS) is 18.5. The van der Waals surface area contributed by atoms with Gasteiger partial charge in [0.1, 0.15) is 24.7 Å². The van der Waals surface area contributed by atoms with Crippen LogP contribution in [0.25, 0.3) is 6.08 Å². The number of hydrogen-bond donors (Lipinski definition) is 1. The molecule has 2 aromatic carbocycles. The highest BCUT2D eigenvalue weighted by atomic mass is 32.2. The Morgan fingerprint density at radius 3 is 2.43 bits per heavy atom. The number of carbonyl (C=O) groups is 1. The van der Waals surface area contributed by atoms with E-state index in [1.165, 1.54) is 49.4 Å². The lowest BCUT2D eigenvalue weighted by Gasteiger charge is -2.22. The maximum absolute atomic E-state index is 11.7. The zero-order chi connectivity index (χ0) is 20.8. The van der Waals surface area contributed by atoms with Gasteiger partial charge >= 0.3 is 0 Å². The van der Waals surface area contributed by atoms with E-state index in [1.54, 1.807) is 6.08 Å². The molecular weight excluding hydrogens is 396 g/mol. The second kappa shape index (κ2) is 9.85. The van der Waals surface area contributed by atoms with Crippen molar-refractivity contribution in [3.05, 3.63) is 64.6 Å². The molecule has 1 aliphatic heterocycles. The van der Waals surface area contributed by atoms with Crippen molar-refractivity contribution in [3.63, 3.8) is 0 Å². The highest BCUT2D eigenvalue weighted by molar-refractivity contribution is 8.18. The van der Waals surface area contributed by atoms with Crippen LogP contribution in [-0.4, -0.2) is 24.3 Å². The third-order valence-electron chi connectivity index (χ3n) is 5.37. The van der Waals surface area contributed by atoms with Crippen molar-refractivity contribution >= 4 is 28.9 Å². The molecule has 1 fully saturated rings. The van der Waals surface area contributed by atoms with Crippen LogP contribution in [0.1, 0.15) is 49.1 Å². The Labute approximate surface area is 181 Å². The lowest BCUT2D eigenvalue weighted by Crippen LogP contribution is -2.09. The van der Waals surface area contributed by atoms with Crippen LogP contribution in [0.4, 0.5) is 0 Å². The van der Waals surface area contributed by atoms with E-state index in [0.29, 0.717) is 24.0 Å². The number of rotatable bonds is 7. The molecule has 30 heavy (non-hydrogen) atoms. The topological polar surface area (TPSA) is 73.9 Å². The highest BCUT2D eigenvalue weighted by Gasteiger charge is 2.19. The third-order valence-corrected chi connectivity index (χ3v) is 6.18. The Bertz CT molecular complexity index is 947. The fourth-order valence-corrected chi connectivity index (χ4v) is 4.54. The molecule has 2 aromatic rings. The van der Waals surface area contributed by atoms with Crippen LogP contribution in [0.3, 0.4) is 0 Å². The summed E-state index contributed by atoms with van der Waals surface area (Å²) < 4.78 is 11.6. The van der Waals surface area contributed by atoms with E-state index in [9.17, 15) is 4.79 Å². The first-order chi connectivity index (χ1) is 14.7. The Balaban J connectivity index is 1.25. The van der Waals surface area contributed by atoms with Crippen LogP contribution in [0.2, 0.25) is 0 Å². The molecule has 1 aliphatic carbocycles. The first-order valence-electron chi connectivity index (χ1n) is 10.4. The third kappa shape index (κ3) is 5.45. The molecule has 0 saturated heterocycles. The molecule has 5 nitrogen and oxygen atoms in total. The Morgan fingerprint density at radius 2 is 1.73 bits per heavy atom. The number of amidine groups is 1.